The topological polar surface area (TPSA) is 12.0 Å². The van der Waals surface area contributed by atoms with E-state index in [2.05, 4.69) is 55.6 Å². The molecule has 20 heavy (non-hydrogen) atoms. The van der Waals surface area contributed by atoms with E-state index in [0.717, 1.165) is 22.6 Å². The number of anilines is 1. The number of halogens is 1. The van der Waals surface area contributed by atoms with Crippen molar-refractivity contribution < 1.29 is 0 Å². The van der Waals surface area contributed by atoms with Crippen LogP contribution in [0.5, 0.6) is 0 Å². The number of nitrogens with one attached hydrogen (secondary N) is 1. The Bertz CT molecular complexity index is 741. The largest absolute Gasteiger partial charge is 0.380 e. The summed E-state index contributed by atoms with van der Waals surface area (Å²) in [6.07, 6.45) is 0. The first-order valence-corrected chi connectivity index (χ1v) is 7.81. The van der Waals surface area contributed by atoms with E-state index in [-0.39, 0.29) is 0 Å². The summed E-state index contributed by atoms with van der Waals surface area (Å²) in [7, 11) is 0. The Hall–Kier alpha value is -1.51. The Balaban J connectivity index is 1.84. The Labute approximate surface area is 128 Å². The van der Waals surface area contributed by atoms with Crippen LogP contribution in [0.2, 0.25) is 5.02 Å². The summed E-state index contributed by atoms with van der Waals surface area (Å²) in [6, 6.07) is 14.8. The number of rotatable bonds is 3. The third kappa shape index (κ3) is 2.67. The number of aryl methyl sites for hydroxylation is 2. The summed E-state index contributed by atoms with van der Waals surface area (Å²) >= 11 is 8.21. The molecule has 2 aromatic carbocycles. The van der Waals surface area contributed by atoms with Gasteiger partial charge in [0.25, 0.3) is 0 Å². The normalized spacial score (nSPS) is 10.9. The predicted molar refractivity (Wildman–Crippen MR) is 90.1 cm³/mol. The van der Waals surface area contributed by atoms with Gasteiger partial charge in [0, 0.05) is 20.7 Å². The van der Waals surface area contributed by atoms with E-state index in [4.69, 9.17) is 11.6 Å². The first-order valence-electron chi connectivity index (χ1n) is 6.61. The van der Waals surface area contributed by atoms with Crippen LogP contribution in [0.4, 0.5) is 5.69 Å². The van der Waals surface area contributed by atoms with Crippen molar-refractivity contribution in [1.82, 2.24) is 0 Å². The van der Waals surface area contributed by atoms with Crippen LogP contribution in [0, 0.1) is 13.8 Å². The molecule has 0 saturated heterocycles. The van der Waals surface area contributed by atoms with Gasteiger partial charge in [-0.25, -0.2) is 0 Å². The predicted octanol–water partition coefficient (Wildman–Crippen LogP) is 5.78. The maximum Gasteiger partial charge on any atom is 0.0642 e. The van der Waals surface area contributed by atoms with Gasteiger partial charge < -0.3 is 5.32 Å². The van der Waals surface area contributed by atoms with Gasteiger partial charge in [0.05, 0.1) is 11.6 Å². The fraction of sp³-hybridized carbons (Fsp3) is 0.176. The fourth-order valence-corrected chi connectivity index (χ4v) is 3.88. The SMILES string of the molecule is Cc1cc(C)cc(NCc2sc3ccccc3c2Cl)c1. The molecule has 0 bridgehead atoms. The van der Waals surface area contributed by atoms with Gasteiger partial charge in [-0.3, -0.25) is 0 Å². The summed E-state index contributed by atoms with van der Waals surface area (Å²) in [5, 5.41) is 5.50. The number of benzene rings is 2. The molecule has 0 amide bonds. The molecule has 1 heterocycles. The van der Waals surface area contributed by atoms with E-state index in [9.17, 15) is 0 Å². The summed E-state index contributed by atoms with van der Waals surface area (Å²) < 4.78 is 1.25. The van der Waals surface area contributed by atoms with Gasteiger partial charge in [-0.1, -0.05) is 35.9 Å². The maximum atomic E-state index is 6.46. The smallest absolute Gasteiger partial charge is 0.0642 e. The molecule has 0 spiro atoms. The quantitative estimate of drug-likeness (QED) is 0.646. The van der Waals surface area contributed by atoms with Gasteiger partial charge in [0.15, 0.2) is 0 Å². The second-order valence-electron chi connectivity index (χ2n) is 5.07. The molecule has 0 fully saturated rings. The van der Waals surface area contributed by atoms with E-state index in [1.165, 1.54) is 20.7 Å². The van der Waals surface area contributed by atoms with Crippen molar-refractivity contribution in [1.29, 1.82) is 0 Å². The highest BCUT2D eigenvalue weighted by Gasteiger charge is 2.09. The molecule has 0 aliphatic carbocycles. The van der Waals surface area contributed by atoms with Gasteiger partial charge in [-0.05, 0) is 43.2 Å². The Morgan fingerprint density at radius 2 is 1.75 bits per heavy atom. The minimum atomic E-state index is 0.765. The van der Waals surface area contributed by atoms with E-state index >= 15 is 0 Å². The molecule has 1 aromatic heterocycles. The zero-order valence-corrected chi connectivity index (χ0v) is 13.1. The molecule has 0 atom stereocenters. The van der Waals surface area contributed by atoms with Crippen LogP contribution in [0.25, 0.3) is 10.1 Å². The van der Waals surface area contributed by atoms with Crippen LogP contribution in [0.1, 0.15) is 16.0 Å². The van der Waals surface area contributed by atoms with Gasteiger partial charge >= 0.3 is 0 Å². The van der Waals surface area contributed by atoms with Crippen molar-refractivity contribution in [3.8, 4) is 0 Å². The Morgan fingerprint density at radius 1 is 1.05 bits per heavy atom. The van der Waals surface area contributed by atoms with E-state index in [1.807, 2.05) is 6.07 Å². The van der Waals surface area contributed by atoms with Crippen LogP contribution in [-0.4, -0.2) is 0 Å². The molecule has 102 valence electrons. The molecule has 0 radical (unpaired) electrons. The molecule has 1 nitrogen and oxygen atoms in total. The molecule has 0 aliphatic rings. The second-order valence-corrected chi connectivity index (χ2v) is 6.58. The summed E-state index contributed by atoms with van der Waals surface area (Å²) in [4.78, 5) is 1.19. The minimum absolute atomic E-state index is 0.765. The van der Waals surface area contributed by atoms with Crippen molar-refractivity contribution in [3.05, 3.63) is 63.5 Å². The van der Waals surface area contributed by atoms with Crippen LogP contribution in [0.15, 0.2) is 42.5 Å². The van der Waals surface area contributed by atoms with Crippen molar-refractivity contribution in [2.75, 3.05) is 5.32 Å². The van der Waals surface area contributed by atoms with E-state index < -0.39 is 0 Å². The van der Waals surface area contributed by atoms with Crippen LogP contribution in [0.3, 0.4) is 0 Å². The lowest BCUT2D eigenvalue weighted by Gasteiger charge is -2.07. The lowest BCUT2D eigenvalue weighted by Crippen LogP contribution is -1.98. The molecular weight excluding hydrogens is 286 g/mol. The van der Waals surface area contributed by atoms with E-state index in [0.29, 0.717) is 0 Å². The van der Waals surface area contributed by atoms with Crippen molar-refractivity contribution >= 4 is 38.7 Å². The zero-order chi connectivity index (χ0) is 14.1. The number of hydrogen-bond acceptors (Lipinski definition) is 2. The molecule has 3 rings (SSSR count). The second kappa shape index (κ2) is 5.47. The summed E-state index contributed by atoms with van der Waals surface area (Å²) in [5.74, 6) is 0. The Morgan fingerprint density at radius 3 is 2.45 bits per heavy atom. The molecule has 0 aliphatic heterocycles. The fourth-order valence-electron chi connectivity index (χ4n) is 2.44. The highest BCUT2D eigenvalue weighted by molar-refractivity contribution is 7.19. The first-order chi connectivity index (χ1) is 9.63. The summed E-state index contributed by atoms with van der Waals surface area (Å²) in [6.45, 7) is 5.00. The zero-order valence-electron chi connectivity index (χ0n) is 11.5. The third-order valence-corrected chi connectivity index (χ3v) is 4.99. The average molecular weight is 302 g/mol. The van der Waals surface area contributed by atoms with Gasteiger partial charge in [0.2, 0.25) is 0 Å². The minimum Gasteiger partial charge on any atom is -0.380 e. The van der Waals surface area contributed by atoms with E-state index in [1.54, 1.807) is 11.3 Å². The molecule has 3 aromatic rings. The summed E-state index contributed by atoms with van der Waals surface area (Å²) in [5.41, 5.74) is 3.70. The number of fused-ring (bicyclic) bond motifs is 1. The monoisotopic (exact) mass is 301 g/mol. The number of hydrogen-bond donors (Lipinski definition) is 1. The molecule has 3 heteroatoms. The first kappa shape index (κ1) is 13.5. The van der Waals surface area contributed by atoms with Crippen molar-refractivity contribution in [2.24, 2.45) is 0 Å². The van der Waals surface area contributed by atoms with Gasteiger partial charge in [0.1, 0.15) is 0 Å². The van der Waals surface area contributed by atoms with Crippen LogP contribution < -0.4 is 5.32 Å². The van der Waals surface area contributed by atoms with Crippen LogP contribution in [-0.2, 0) is 6.54 Å². The Kier molecular flexibility index (Phi) is 3.68. The number of thiophene rings is 1. The van der Waals surface area contributed by atoms with Gasteiger partial charge in [-0.2, -0.15) is 0 Å². The standard InChI is InChI=1S/C17H16ClNS/c1-11-7-12(2)9-13(8-11)19-10-16-17(18)14-5-3-4-6-15(14)20-16/h3-9,19H,10H2,1-2H3. The maximum absolute atomic E-state index is 6.46. The highest BCUT2D eigenvalue weighted by Crippen LogP contribution is 2.35. The molecule has 0 saturated carbocycles. The molecular formula is C17H16ClNS. The van der Waals surface area contributed by atoms with Crippen molar-refractivity contribution in [2.45, 2.75) is 20.4 Å². The lowest BCUT2D eigenvalue weighted by atomic mass is 10.1. The van der Waals surface area contributed by atoms with Crippen LogP contribution >= 0.6 is 22.9 Å². The van der Waals surface area contributed by atoms with Crippen molar-refractivity contribution in [3.63, 3.8) is 0 Å². The average Bonchev–Trinajstić information content (AvgIpc) is 2.73. The van der Waals surface area contributed by atoms with Gasteiger partial charge in [-0.15, -0.1) is 11.3 Å². The lowest BCUT2D eigenvalue weighted by molar-refractivity contribution is 1.18. The third-order valence-electron chi connectivity index (χ3n) is 3.28. The highest BCUT2D eigenvalue weighted by atomic mass is 35.5. The molecule has 0 unspecified atom stereocenters. The molecule has 1 N–H and O–H groups in total.